The summed E-state index contributed by atoms with van der Waals surface area (Å²) in [5.41, 5.74) is -0.604. The van der Waals surface area contributed by atoms with Gasteiger partial charge in [-0.2, -0.15) is 0 Å². The van der Waals surface area contributed by atoms with Crippen LogP contribution in [0.5, 0.6) is 11.5 Å². The van der Waals surface area contributed by atoms with E-state index < -0.39 is 28.9 Å². The van der Waals surface area contributed by atoms with Crippen LogP contribution in [-0.4, -0.2) is 66.6 Å². The molecule has 9 heteroatoms. The van der Waals surface area contributed by atoms with E-state index in [0.29, 0.717) is 49.1 Å². The summed E-state index contributed by atoms with van der Waals surface area (Å²) in [6.45, 7) is 3.86. The topological polar surface area (TPSA) is 106 Å². The van der Waals surface area contributed by atoms with Crippen LogP contribution in [0.1, 0.15) is 43.7 Å². The molecule has 38 heavy (non-hydrogen) atoms. The van der Waals surface area contributed by atoms with Gasteiger partial charge in [-0.1, -0.05) is 31.5 Å². The third-order valence-electron chi connectivity index (χ3n) is 7.77. The Bertz CT molecular complexity index is 1350. The highest BCUT2D eigenvalue weighted by molar-refractivity contribution is 6.50. The molecule has 4 aliphatic heterocycles. The number of para-hydroxylation sites is 1. The number of amides is 2. The monoisotopic (exact) mass is 518 g/mol. The fraction of sp³-hybridized carbons (Fsp3) is 0.414. The SMILES string of the molecule is CCCCN1C(=O)[C@]2(/C(=C(\O)c3ccc4c(c3)OCCO4)C(=O)C(=O)N2C[C@H]2CCCO2)c2ccccc21. The molecule has 2 aromatic carbocycles. The highest BCUT2D eigenvalue weighted by atomic mass is 16.6. The van der Waals surface area contributed by atoms with E-state index in [4.69, 9.17) is 14.2 Å². The van der Waals surface area contributed by atoms with Crippen LogP contribution in [0.25, 0.3) is 5.76 Å². The second kappa shape index (κ2) is 9.47. The molecular weight excluding hydrogens is 488 g/mol. The third kappa shape index (κ3) is 3.52. The molecule has 0 saturated carbocycles. The van der Waals surface area contributed by atoms with Crippen LogP contribution in [0.4, 0.5) is 5.69 Å². The first-order chi connectivity index (χ1) is 18.5. The molecule has 2 fully saturated rings. The minimum absolute atomic E-state index is 0.0736. The van der Waals surface area contributed by atoms with E-state index in [1.54, 1.807) is 35.2 Å². The minimum atomic E-state index is -1.79. The van der Waals surface area contributed by atoms with Gasteiger partial charge in [0.15, 0.2) is 17.0 Å². The number of benzene rings is 2. The van der Waals surface area contributed by atoms with Crippen LogP contribution >= 0.6 is 0 Å². The van der Waals surface area contributed by atoms with Crippen LogP contribution in [0, 0.1) is 0 Å². The number of Topliss-reactive ketones (excluding diaryl/α,β-unsaturated/α-hetero) is 1. The number of carbonyl (C=O) groups excluding carboxylic acids is 3. The van der Waals surface area contributed by atoms with Crippen molar-refractivity contribution >= 4 is 29.0 Å². The number of unbranched alkanes of at least 4 members (excludes halogenated alkanes) is 1. The Morgan fingerprint density at radius 3 is 2.61 bits per heavy atom. The van der Waals surface area contributed by atoms with Crippen LogP contribution in [0.2, 0.25) is 0 Å². The molecular formula is C29H30N2O7. The quantitative estimate of drug-likeness (QED) is 0.355. The van der Waals surface area contributed by atoms with Crippen molar-refractivity contribution in [1.82, 2.24) is 4.90 Å². The Hall–Kier alpha value is -3.85. The summed E-state index contributed by atoms with van der Waals surface area (Å²) in [7, 11) is 0. The normalized spacial score (nSPS) is 25.5. The zero-order valence-corrected chi connectivity index (χ0v) is 21.3. The number of aliphatic hydroxyl groups excluding tert-OH is 1. The van der Waals surface area contributed by atoms with Crippen molar-refractivity contribution in [2.24, 2.45) is 0 Å². The number of hydrogen-bond acceptors (Lipinski definition) is 7. The van der Waals surface area contributed by atoms with Gasteiger partial charge in [-0.05, 0) is 43.5 Å². The van der Waals surface area contributed by atoms with Crippen molar-refractivity contribution in [3.05, 3.63) is 59.2 Å². The molecule has 2 atom stereocenters. The summed E-state index contributed by atoms with van der Waals surface area (Å²) in [6.07, 6.45) is 2.87. The Morgan fingerprint density at radius 2 is 1.84 bits per heavy atom. The molecule has 2 amide bonds. The number of hydrogen-bond donors (Lipinski definition) is 1. The van der Waals surface area contributed by atoms with E-state index >= 15 is 0 Å². The predicted octanol–water partition coefficient (Wildman–Crippen LogP) is 3.36. The molecule has 0 unspecified atom stereocenters. The highest BCUT2D eigenvalue weighted by Gasteiger charge is 2.67. The summed E-state index contributed by atoms with van der Waals surface area (Å²) in [4.78, 5) is 44.9. The lowest BCUT2D eigenvalue weighted by Crippen LogP contribution is -2.54. The highest BCUT2D eigenvalue weighted by Crippen LogP contribution is 2.54. The van der Waals surface area contributed by atoms with E-state index in [9.17, 15) is 19.5 Å². The van der Waals surface area contributed by atoms with Crippen molar-refractivity contribution in [2.75, 3.05) is 37.8 Å². The molecule has 1 spiro atoms. The first kappa shape index (κ1) is 24.5. The average molecular weight is 519 g/mol. The summed E-state index contributed by atoms with van der Waals surface area (Å²) >= 11 is 0. The Kier molecular flexibility index (Phi) is 6.10. The molecule has 6 rings (SSSR count). The molecule has 0 aliphatic carbocycles. The lowest BCUT2D eigenvalue weighted by atomic mass is 9.81. The van der Waals surface area contributed by atoms with Crippen molar-refractivity contribution in [2.45, 2.75) is 44.2 Å². The van der Waals surface area contributed by atoms with Crippen LogP contribution in [0.3, 0.4) is 0 Å². The van der Waals surface area contributed by atoms with Gasteiger partial charge in [-0.25, -0.2) is 0 Å². The maximum absolute atomic E-state index is 14.5. The molecule has 1 N–H and O–H groups in total. The maximum atomic E-state index is 14.5. The summed E-state index contributed by atoms with van der Waals surface area (Å²) < 4.78 is 17.1. The van der Waals surface area contributed by atoms with Crippen molar-refractivity contribution < 1.29 is 33.7 Å². The van der Waals surface area contributed by atoms with Gasteiger partial charge in [0.25, 0.3) is 17.6 Å². The second-order valence-corrected chi connectivity index (χ2v) is 10.00. The van der Waals surface area contributed by atoms with E-state index in [2.05, 4.69) is 0 Å². The molecule has 0 aromatic heterocycles. The molecule has 4 aliphatic rings. The summed E-state index contributed by atoms with van der Waals surface area (Å²) in [5, 5.41) is 11.7. The summed E-state index contributed by atoms with van der Waals surface area (Å²) in [6, 6.07) is 12.0. The lowest BCUT2D eigenvalue weighted by Gasteiger charge is -2.35. The van der Waals surface area contributed by atoms with Gasteiger partial charge in [0.05, 0.1) is 17.4 Å². The van der Waals surface area contributed by atoms with E-state index in [1.807, 2.05) is 19.1 Å². The van der Waals surface area contributed by atoms with Gasteiger partial charge in [-0.3, -0.25) is 14.4 Å². The van der Waals surface area contributed by atoms with Crippen LogP contribution in [-0.2, 0) is 24.7 Å². The van der Waals surface area contributed by atoms with Gasteiger partial charge in [0, 0.05) is 30.8 Å². The number of fused-ring (bicyclic) bond motifs is 3. The number of nitrogens with zero attached hydrogens (tertiary/aromatic N) is 2. The van der Waals surface area contributed by atoms with Gasteiger partial charge >= 0.3 is 0 Å². The second-order valence-electron chi connectivity index (χ2n) is 10.00. The van der Waals surface area contributed by atoms with E-state index in [1.165, 1.54) is 4.90 Å². The van der Waals surface area contributed by atoms with Gasteiger partial charge in [-0.15, -0.1) is 0 Å². The first-order valence-electron chi connectivity index (χ1n) is 13.2. The first-order valence-corrected chi connectivity index (χ1v) is 13.2. The van der Waals surface area contributed by atoms with Crippen LogP contribution in [0.15, 0.2) is 48.0 Å². The number of carbonyl (C=O) groups is 3. The smallest absolute Gasteiger partial charge is 0.296 e. The lowest BCUT2D eigenvalue weighted by molar-refractivity contribution is -0.145. The van der Waals surface area contributed by atoms with Crippen LogP contribution < -0.4 is 14.4 Å². The van der Waals surface area contributed by atoms with Crippen molar-refractivity contribution in [3.8, 4) is 11.5 Å². The number of likely N-dealkylation sites (tertiary alicyclic amines) is 1. The zero-order valence-electron chi connectivity index (χ0n) is 21.3. The summed E-state index contributed by atoms with van der Waals surface area (Å²) in [5.74, 6) is -1.60. The molecule has 9 nitrogen and oxygen atoms in total. The van der Waals surface area contributed by atoms with Crippen molar-refractivity contribution in [1.29, 1.82) is 0 Å². The Morgan fingerprint density at radius 1 is 1.05 bits per heavy atom. The number of aliphatic hydroxyl groups is 1. The zero-order chi connectivity index (χ0) is 26.4. The minimum Gasteiger partial charge on any atom is -0.507 e. The average Bonchev–Trinajstić information content (AvgIpc) is 3.60. The number of rotatable bonds is 6. The number of ketones is 1. The van der Waals surface area contributed by atoms with Gasteiger partial charge < -0.3 is 29.1 Å². The maximum Gasteiger partial charge on any atom is 0.296 e. The molecule has 4 heterocycles. The van der Waals surface area contributed by atoms with E-state index in [-0.39, 0.29) is 23.8 Å². The molecule has 2 aromatic rings. The fourth-order valence-corrected chi connectivity index (χ4v) is 5.98. The van der Waals surface area contributed by atoms with Gasteiger partial charge in [0.1, 0.15) is 19.0 Å². The molecule has 198 valence electrons. The molecule has 0 bridgehead atoms. The van der Waals surface area contributed by atoms with Gasteiger partial charge in [0.2, 0.25) is 0 Å². The largest absolute Gasteiger partial charge is 0.507 e. The number of ether oxygens (including phenoxy) is 3. The Labute approximate surface area is 220 Å². The number of anilines is 1. The van der Waals surface area contributed by atoms with Crippen molar-refractivity contribution in [3.63, 3.8) is 0 Å². The standard InChI is InChI=1S/C29H30N2O7/c1-2-3-12-30-21-9-5-4-8-20(21)29(28(30)35)24(26(33)27(34)31(29)17-19-7-6-13-36-19)25(32)18-10-11-22-23(16-18)38-15-14-37-22/h4-5,8-11,16,19,32H,2-3,6-7,12-15,17H2,1H3/b25-24-/t19-,29-/m1/s1. The molecule has 2 saturated heterocycles. The third-order valence-corrected chi connectivity index (χ3v) is 7.77. The molecule has 0 radical (unpaired) electrons. The fourth-order valence-electron chi connectivity index (χ4n) is 5.98. The Balaban J connectivity index is 1.58. The van der Waals surface area contributed by atoms with E-state index in [0.717, 1.165) is 25.7 Å². The predicted molar refractivity (Wildman–Crippen MR) is 138 cm³/mol.